The molecule has 0 aliphatic carbocycles. The van der Waals surface area contributed by atoms with E-state index < -0.39 is 0 Å². The van der Waals surface area contributed by atoms with Crippen molar-refractivity contribution in [1.82, 2.24) is 0 Å². The van der Waals surface area contributed by atoms with E-state index in [-0.39, 0.29) is 11.6 Å². The van der Waals surface area contributed by atoms with Gasteiger partial charge in [-0.15, -0.1) is 0 Å². The Kier molecular flexibility index (Phi) is 4.01. The molecule has 2 aromatic rings. The van der Waals surface area contributed by atoms with E-state index in [4.69, 9.17) is 0 Å². The summed E-state index contributed by atoms with van der Waals surface area (Å²) < 4.78 is 0. The van der Waals surface area contributed by atoms with Gasteiger partial charge in [-0.05, 0) is 24.3 Å². The second-order valence-corrected chi connectivity index (χ2v) is 4.91. The molecule has 0 N–H and O–H groups in total. The molecular weight excluding hydrogens is 276 g/mol. The van der Waals surface area contributed by atoms with Crippen molar-refractivity contribution in [3.05, 3.63) is 59.7 Å². The number of ketones is 2. The Morgan fingerprint density at radius 1 is 0.636 bits per heavy atom. The van der Waals surface area contributed by atoms with Crippen molar-refractivity contribution in [2.45, 2.75) is 12.8 Å². The number of carbonyl (C=O) groups excluding carboxylic acids is 2. The fourth-order valence-corrected chi connectivity index (χ4v) is 2.32. The van der Waals surface area contributed by atoms with Crippen LogP contribution in [-0.4, -0.2) is 24.0 Å². The van der Waals surface area contributed by atoms with Crippen molar-refractivity contribution in [3.63, 3.8) is 0 Å². The molecule has 108 valence electrons. The van der Waals surface area contributed by atoms with Gasteiger partial charge in [0.05, 0.1) is 11.4 Å². The molecule has 0 radical (unpaired) electrons. The van der Waals surface area contributed by atoms with Gasteiger partial charge in [0, 0.05) is 36.4 Å². The molecule has 2 heterocycles. The van der Waals surface area contributed by atoms with Crippen molar-refractivity contribution in [3.8, 4) is 0 Å². The summed E-state index contributed by atoms with van der Waals surface area (Å²) in [7, 11) is 0. The lowest BCUT2D eigenvalue weighted by atomic mass is 10.0. The molecule has 0 saturated heterocycles. The van der Waals surface area contributed by atoms with Crippen molar-refractivity contribution < 1.29 is 9.59 Å². The molecule has 4 rings (SSSR count). The van der Waals surface area contributed by atoms with Gasteiger partial charge >= 0.3 is 0 Å². The van der Waals surface area contributed by atoms with Gasteiger partial charge in [0.2, 0.25) is 0 Å². The van der Waals surface area contributed by atoms with E-state index in [9.17, 15) is 9.59 Å². The summed E-state index contributed by atoms with van der Waals surface area (Å²) in [6.45, 7) is 0. The van der Waals surface area contributed by atoms with Crippen molar-refractivity contribution in [2.75, 3.05) is 0 Å². The van der Waals surface area contributed by atoms with Crippen LogP contribution in [0.1, 0.15) is 33.6 Å². The van der Waals surface area contributed by atoms with E-state index in [2.05, 4.69) is 9.98 Å². The molecule has 2 aliphatic heterocycles. The first-order chi connectivity index (χ1) is 10.8. The molecule has 0 spiro atoms. The molecule has 4 nitrogen and oxygen atoms in total. The van der Waals surface area contributed by atoms with Gasteiger partial charge in [-0.2, -0.15) is 0 Å². The second-order valence-electron chi connectivity index (χ2n) is 4.91. The van der Waals surface area contributed by atoms with E-state index in [1.807, 2.05) is 48.5 Å². The number of Topliss-reactive ketones (excluding diaryl/α,β-unsaturated/α-hetero) is 2. The predicted molar refractivity (Wildman–Crippen MR) is 87.1 cm³/mol. The van der Waals surface area contributed by atoms with Crippen LogP contribution in [0.25, 0.3) is 0 Å². The quantitative estimate of drug-likeness (QED) is 0.737. The van der Waals surface area contributed by atoms with Crippen LogP contribution < -0.4 is 0 Å². The number of fused-ring (bicyclic) bond motifs is 2. The Bertz CT molecular complexity index is 724. The summed E-state index contributed by atoms with van der Waals surface area (Å²) in [5.41, 5.74) is 3.08. The maximum atomic E-state index is 11.2. The lowest BCUT2D eigenvalue weighted by Crippen LogP contribution is -2.03. The first kappa shape index (κ1) is 14.1. The minimum Gasteiger partial charge on any atom is -0.294 e. The Morgan fingerprint density at radius 3 is 1.45 bits per heavy atom. The van der Waals surface area contributed by atoms with E-state index >= 15 is 0 Å². The van der Waals surface area contributed by atoms with Gasteiger partial charge in [-0.25, -0.2) is 0 Å². The maximum absolute atomic E-state index is 11.2. The Hall–Kier alpha value is -2.88. The number of nitrogens with zero attached hydrogens (tertiary/aromatic N) is 2. The van der Waals surface area contributed by atoms with Crippen molar-refractivity contribution in [1.29, 1.82) is 0 Å². The SMILES string of the molecule is O=C1CC=Nc2ccccc21.O=C1CC=Nc2ccccc21. The highest BCUT2D eigenvalue weighted by atomic mass is 16.1. The second kappa shape index (κ2) is 6.26. The summed E-state index contributed by atoms with van der Waals surface area (Å²) in [4.78, 5) is 30.6. The van der Waals surface area contributed by atoms with Gasteiger partial charge in [-0.1, -0.05) is 24.3 Å². The van der Waals surface area contributed by atoms with Crippen LogP contribution in [0, 0.1) is 0 Å². The van der Waals surface area contributed by atoms with Crippen LogP contribution in [0.4, 0.5) is 11.4 Å². The van der Waals surface area contributed by atoms with Crippen LogP contribution in [0.3, 0.4) is 0 Å². The zero-order chi connectivity index (χ0) is 15.4. The number of hydrogen-bond acceptors (Lipinski definition) is 4. The van der Waals surface area contributed by atoms with Gasteiger partial charge in [-0.3, -0.25) is 19.6 Å². The molecule has 4 heteroatoms. The average Bonchev–Trinajstić information content (AvgIpc) is 2.57. The molecule has 2 aromatic carbocycles. The summed E-state index contributed by atoms with van der Waals surface area (Å²) in [5, 5.41) is 0. The molecule has 0 saturated carbocycles. The monoisotopic (exact) mass is 290 g/mol. The Balaban J connectivity index is 0.000000131. The Labute approximate surface area is 128 Å². The molecular formula is C18H14N2O2. The fourth-order valence-electron chi connectivity index (χ4n) is 2.32. The van der Waals surface area contributed by atoms with Crippen LogP contribution in [0.2, 0.25) is 0 Å². The lowest BCUT2D eigenvalue weighted by Gasteiger charge is -2.06. The molecule has 0 fully saturated rings. The molecule has 0 bridgehead atoms. The first-order valence-corrected chi connectivity index (χ1v) is 7.05. The van der Waals surface area contributed by atoms with Gasteiger partial charge in [0.1, 0.15) is 0 Å². The third kappa shape index (κ3) is 2.91. The number of rotatable bonds is 0. The molecule has 0 unspecified atom stereocenters. The third-order valence-electron chi connectivity index (χ3n) is 3.42. The average molecular weight is 290 g/mol. The van der Waals surface area contributed by atoms with Crippen LogP contribution in [0.15, 0.2) is 58.5 Å². The van der Waals surface area contributed by atoms with Gasteiger partial charge in [0.25, 0.3) is 0 Å². The zero-order valence-corrected chi connectivity index (χ0v) is 11.9. The number of hydrogen-bond donors (Lipinski definition) is 0. The highest BCUT2D eigenvalue weighted by Gasteiger charge is 2.12. The van der Waals surface area contributed by atoms with E-state index in [0.717, 1.165) is 22.5 Å². The zero-order valence-electron chi connectivity index (χ0n) is 11.9. The lowest BCUT2D eigenvalue weighted by molar-refractivity contribution is 0.0992. The van der Waals surface area contributed by atoms with Crippen molar-refractivity contribution >= 4 is 35.4 Å². The highest BCUT2D eigenvalue weighted by Crippen LogP contribution is 2.23. The summed E-state index contributed by atoms with van der Waals surface area (Å²) in [6, 6.07) is 14.8. The van der Waals surface area contributed by atoms with E-state index in [1.165, 1.54) is 0 Å². The molecule has 0 atom stereocenters. The molecule has 0 amide bonds. The van der Waals surface area contributed by atoms with Crippen LogP contribution in [-0.2, 0) is 0 Å². The maximum Gasteiger partial charge on any atom is 0.170 e. The first-order valence-electron chi connectivity index (χ1n) is 7.05. The smallest absolute Gasteiger partial charge is 0.170 e. The number of aliphatic imine (C=N–C) groups is 2. The topological polar surface area (TPSA) is 58.9 Å². The summed E-state index contributed by atoms with van der Waals surface area (Å²) in [6.07, 6.45) is 4.20. The van der Waals surface area contributed by atoms with Gasteiger partial charge < -0.3 is 0 Å². The fraction of sp³-hybridized carbons (Fsp3) is 0.111. The van der Waals surface area contributed by atoms with E-state index in [0.29, 0.717) is 12.8 Å². The van der Waals surface area contributed by atoms with Gasteiger partial charge in [0.15, 0.2) is 11.6 Å². The molecule has 2 aliphatic rings. The predicted octanol–water partition coefficient (Wildman–Crippen LogP) is 3.95. The summed E-state index contributed by atoms with van der Waals surface area (Å²) in [5.74, 6) is 0.325. The molecule has 0 aromatic heterocycles. The van der Waals surface area contributed by atoms with Crippen LogP contribution in [0.5, 0.6) is 0 Å². The Morgan fingerprint density at radius 2 is 1.05 bits per heavy atom. The number of para-hydroxylation sites is 2. The normalized spacial score (nSPS) is 14.7. The third-order valence-corrected chi connectivity index (χ3v) is 3.42. The van der Waals surface area contributed by atoms with E-state index in [1.54, 1.807) is 12.4 Å². The summed E-state index contributed by atoms with van der Waals surface area (Å²) >= 11 is 0. The minimum atomic E-state index is 0.163. The van der Waals surface area contributed by atoms with Crippen LogP contribution >= 0.6 is 0 Å². The standard InChI is InChI=1S/2C9H7NO/c2*11-9-5-6-10-8-4-2-1-3-7(8)9/h2*1-4,6H,5H2. The van der Waals surface area contributed by atoms with Crippen molar-refractivity contribution in [2.24, 2.45) is 9.98 Å². The number of benzene rings is 2. The molecule has 22 heavy (non-hydrogen) atoms. The highest BCUT2D eigenvalue weighted by molar-refractivity contribution is 6.10. The number of carbonyl (C=O) groups is 2. The minimum absolute atomic E-state index is 0.163. The largest absolute Gasteiger partial charge is 0.294 e.